The van der Waals surface area contributed by atoms with E-state index in [1.807, 2.05) is 6.92 Å². The van der Waals surface area contributed by atoms with E-state index < -0.39 is 5.82 Å². The molecule has 1 heterocycles. The van der Waals surface area contributed by atoms with Gasteiger partial charge in [0.25, 0.3) is 0 Å². The Morgan fingerprint density at radius 1 is 1.54 bits per heavy atom. The van der Waals surface area contributed by atoms with Crippen LogP contribution in [-0.4, -0.2) is 15.5 Å². The van der Waals surface area contributed by atoms with E-state index in [-0.39, 0.29) is 5.92 Å². The minimum absolute atomic E-state index is 0.00524. The Morgan fingerprint density at radius 2 is 2.33 bits per heavy atom. The number of fused-ring (bicyclic) bond motifs is 1. The molecule has 122 valence electrons. The molecular formula is C18H15ClFN3S. The molecule has 0 saturated carbocycles. The summed E-state index contributed by atoms with van der Waals surface area (Å²) in [5, 5.41) is 14.1. The first-order valence-electron chi connectivity index (χ1n) is 7.57. The molecule has 3 nitrogen and oxygen atoms in total. The van der Waals surface area contributed by atoms with Gasteiger partial charge in [-0.25, -0.2) is 9.07 Å². The van der Waals surface area contributed by atoms with Gasteiger partial charge < -0.3 is 0 Å². The minimum Gasteiger partial charge on any atom is -0.235 e. The van der Waals surface area contributed by atoms with Crippen molar-refractivity contribution in [3.8, 4) is 24.1 Å². The lowest BCUT2D eigenvalue weighted by molar-refractivity contribution is 0.557. The smallest absolute Gasteiger partial charge is 0.150 e. The van der Waals surface area contributed by atoms with Crippen molar-refractivity contribution < 1.29 is 4.39 Å². The molecule has 0 radical (unpaired) electrons. The first-order chi connectivity index (χ1) is 11.5. The topological polar surface area (TPSA) is 41.6 Å². The Kier molecular flexibility index (Phi) is 4.85. The number of hydrogen-bond acceptors (Lipinski definition) is 3. The number of rotatable bonds is 3. The van der Waals surface area contributed by atoms with E-state index in [2.05, 4.69) is 17.1 Å². The van der Waals surface area contributed by atoms with Crippen molar-refractivity contribution in [3.63, 3.8) is 0 Å². The Bertz CT molecular complexity index is 876. The van der Waals surface area contributed by atoms with E-state index in [0.717, 1.165) is 34.7 Å². The van der Waals surface area contributed by atoms with E-state index in [1.165, 1.54) is 17.8 Å². The maximum Gasteiger partial charge on any atom is 0.150 e. The van der Waals surface area contributed by atoms with Crippen molar-refractivity contribution in [1.29, 1.82) is 5.26 Å². The van der Waals surface area contributed by atoms with Gasteiger partial charge in [0.1, 0.15) is 11.5 Å². The number of nitrogens with zero attached hydrogens (tertiary/aromatic N) is 3. The van der Waals surface area contributed by atoms with Crippen molar-refractivity contribution in [2.24, 2.45) is 5.92 Å². The molecule has 0 fully saturated rings. The number of halogens is 2. The van der Waals surface area contributed by atoms with Gasteiger partial charge in [0, 0.05) is 10.6 Å². The van der Waals surface area contributed by atoms with Gasteiger partial charge in [0.05, 0.1) is 28.5 Å². The summed E-state index contributed by atoms with van der Waals surface area (Å²) in [7, 11) is 0. The third-order valence-corrected chi connectivity index (χ3v) is 5.61. The quantitative estimate of drug-likeness (QED) is 0.605. The molecule has 0 spiro atoms. The monoisotopic (exact) mass is 359 g/mol. The van der Waals surface area contributed by atoms with E-state index >= 15 is 0 Å². The van der Waals surface area contributed by atoms with Crippen LogP contribution in [0.4, 0.5) is 4.39 Å². The molecular weight excluding hydrogens is 345 g/mol. The van der Waals surface area contributed by atoms with Crippen LogP contribution >= 0.6 is 23.4 Å². The summed E-state index contributed by atoms with van der Waals surface area (Å²) >= 11 is 7.50. The molecule has 1 aliphatic rings. The zero-order valence-electron chi connectivity index (χ0n) is 13.1. The highest BCUT2D eigenvalue weighted by atomic mass is 35.5. The maximum absolute atomic E-state index is 14.5. The molecule has 0 bridgehead atoms. The van der Waals surface area contributed by atoms with Crippen LogP contribution in [-0.2, 0) is 12.8 Å². The summed E-state index contributed by atoms with van der Waals surface area (Å²) in [6.07, 6.45) is 7.51. The molecule has 2 aromatic rings. The van der Waals surface area contributed by atoms with Crippen molar-refractivity contribution in [1.82, 2.24) is 9.78 Å². The van der Waals surface area contributed by atoms with Crippen LogP contribution in [0.25, 0.3) is 5.69 Å². The predicted octanol–water partition coefficient (Wildman–Crippen LogP) is 4.33. The lowest BCUT2D eigenvalue weighted by atomic mass is 9.87. The largest absolute Gasteiger partial charge is 0.235 e. The third kappa shape index (κ3) is 3.02. The van der Waals surface area contributed by atoms with E-state index in [9.17, 15) is 4.39 Å². The Morgan fingerprint density at radius 3 is 3.04 bits per heavy atom. The summed E-state index contributed by atoms with van der Waals surface area (Å²) in [6, 6.07) is 5.31. The summed E-state index contributed by atoms with van der Waals surface area (Å²) in [5.74, 6) is 2.58. The molecule has 24 heavy (non-hydrogen) atoms. The van der Waals surface area contributed by atoms with Gasteiger partial charge in [-0.1, -0.05) is 17.5 Å². The average molecular weight is 360 g/mol. The first-order valence-corrected chi connectivity index (χ1v) is 8.94. The summed E-state index contributed by atoms with van der Waals surface area (Å²) in [5.41, 5.74) is 3.24. The molecule has 1 aromatic carbocycles. The SMILES string of the molecule is C#CCSc1cc(-n2nc3c(c2C)CC(C#N)CC3)c(F)cc1Cl. The van der Waals surface area contributed by atoms with Gasteiger partial charge in [-0.15, -0.1) is 18.2 Å². The fourth-order valence-electron chi connectivity index (χ4n) is 2.97. The number of terminal acetylenes is 1. The van der Waals surface area contributed by atoms with Crippen LogP contribution in [0.2, 0.25) is 5.02 Å². The Labute approximate surface area is 149 Å². The molecule has 0 saturated heterocycles. The molecule has 0 amide bonds. The third-order valence-electron chi connectivity index (χ3n) is 4.23. The standard InChI is InChI=1S/C18H15ClFN3S/c1-3-6-24-18-9-17(15(20)8-14(18)19)23-11(2)13-7-12(10-21)4-5-16(13)22-23/h1,8-9,12H,4-7H2,2H3. The number of aromatic nitrogens is 2. The zero-order valence-corrected chi connectivity index (χ0v) is 14.7. The number of hydrogen-bond donors (Lipinski definition) is 0. The van der Waals surface area contributed by atoms with Crippen LogP contribution in [0.3, 0.4) is 0 Å². The fourth-order valence-corrected chi connectivity index (χ4v) is 3.92. The van der Waals surface area contributed by atoms with Crippen molar-refractivity contribution in [2.75, 3.05) is 5.75 Å². The molecule has 3 rings (SSSR count). The van der Waals surface area contributed by atoms with Crippen LogP contribution in [0.1, 0.15) is 23.4 Å². The lowest BCUT2D eigenvalue weighted by Crippen LogP contribution is -2.12. The van der Waals surface area contributed by atoms with Crippen molar-refractivity contribution in [3.05, 3.63) is 39.9 Å². The maximum atomic E-state index is 14.5. The normalized spacial score (nSPS) is 16.3. The zero-order chi connectivity index (χ0) is 17.3. The molecule has 6 heteroatoms. The van der Waals surface area contributed by atoms with Gasteiger partial charge >= 0.3 is 0 Å². The summed E-state index contributed by atoms with van der Waals surface area (Å²) in [6.45, 7) is 1.91. The van der Waals surface area contributed by atoms with Crippen molar-refractivity contribution >= 4 is 23.4 Å². The second kappa shape index (κ2) is 6.89. The van der Waals surface area contributed by atoms with E-state index in [1.54, 1.807) is 10.7 Å². The summed E-state index contributed by atoms with van der Waals surface area (Å²) in [4.78, 5) is 0.730. The van der Waals surface area contributed by atoms with Crippen LogP contribution in [0.15, 0.2) is 17.0 Å². The van der Waals surface area contributed by atoms with Crippen LogP contribution in [0.5, 0.6) is 0 Å². The fraction of sp³-hybridized carbons (Fsp3) is 0.333. The minimum atomic E-state index is -0.426. The number of nitriles is 1. The molecule has 1 aromatic heterocycles. The highest BCUT2D eigenvalue weighted by Crippen LogP contribution is 2.33. The van der Waals surface area contributed by atoms with Crippen molar-refractivity contribution in [2.45, 2.75) is 31.1 Å². The predicted molar refractivity (Wildman–Crippen MR) is 94.0 cm³/mol. The van der Waals surface area contributed by atoms with Gasteiger partial charge in [-0.3, -0.25) is 0 Å². The molecule has 0 aliphatic heterocycles. The van der Waals surface area contributed by atoms with E-state index in [0.29, 0.717) is 22.9 Å². The lowest BCUT2D eigenvalue weighted by Gasteiger charge is -2.15. The van der Waals surface area contributed by atoms with Crippen LogP contribution in [0, 0.1) is 42.3 Å². The highest BCUT2D eigenvalue weighted by Gasteiger charge is 2.25. The number of thioether (sulfide) groups is 1. The molecule has 1 unspecified atom stereocenters. The molecule has 1 atom stereocenters. The first kappa shape index (κ1) is 16.9. The summed E-state index contributed by atoms with van der Waals surface area (Å²) < 4.78 is 16.1. The van der Waals surface area contributed by atoms with Crippen LogP contribution < -0.4 is 0 Å². The van der Waals surface area contributed by atoms with Gasteiger partial charge in [0.2, 0.25) is 0 Å². The van der Waals surface area contributed by atoms with Gasteiger partial charge in [-0.05, 0) is 43.9 Å². The highest BCUT2D eigenvalue weighted by molar-refractivity contribution is 7.99. The second-order valence-corrected chi connectivity index (χ2v) is 7.14. The number of benzene rings is 1. The average Bonchev–Trinajstić information content (AvgIpc) is 2.90. The van der Waals surface area contributed by atoms with Gasteiger partial charge in [-0.2, -0.15) is 10.4 Å². The molecule has 0 N–H and O–H groups in total. The van der Waals surface area contributed by atoms with Gasteiger partial charge in [0.15, 0.2) is 0 Å². The second-order valence-electron chi connectivity index (χ2n) is 5.72. The molecule has 1 aliphatic carbocycles. The number of aryl methyl sites for hydroxylation is 1. The van der Waals surface area contributed by atoms with E-state index in [4.69, 9.17) is 23.3 Å². The Hall–Kier alpha value is -1.95. The Balaban J connectivity index is 2.06.